The molecule has 0 aromatic heterocycles. The van der Waals surface area contributed by atoms with Gasteiger partial charge in [0.15, 0.2) is 55.3 Å². The second kappa shape index (κ2) is 48.9. The Morgan fingerprint density at radius 1 is 0.393 bits per heavy atom. The molecule has 3 saturated heterocycles. The van der Waals surface area contributed by atoms with Gasteiger partial charge in [-0.1, -0.05) is 248 Å². The van der Waals surface area contributed by atoms with E-state index in [0.29, 0.717) is 50.9 Å². The van der Waals surface area contributed by atoms with Crippen molar-refractivity contribution < 1.29 is 159 Å². The normalized spacial score (nSPS) is 17.7. The van der Waals surface area contributed by atoms with E-state index in [1.165, 1.54) is 45.1 Å². The van der Waals surface area contributed by atoms with Gasteiger partial charge in [0.2, 0.25) is 0 Å². The van der Waals surface area contributed by atoms with Crippen LogP contribution in [0.2, 0.25) is 0 Å². The van der Waals surface area contributed by atoms with Crippen molar-refractivity contribution >= 4 is 143 Å². The zero-order chi connectivity index (χ0) is 101. The van der Waals surface area contributed by atoms with Gasteiger partial charge in [-0.3, -0.25) is 43.5 Å². The number of aliphatic hydroxyl groups excluding tert-OH is 1. The summed E-state index contributed by atoms with van der Waals surface area (Å²) >= 11 is 8.58. The Morgan fingerprint density at radius 3 is 0.936 bits per heavy atom. The SMILES string of the molecule is COCS.COCSC1=C(C(=O)OC(c2ccccc2)c2ccccc2)N2C(=O)[C@@H](NC(=O)COc3ccccc3)[C@H]2SC1.O=C(COc1ccccc1)N[C@@H]1C(=O)N2C(C(=O)OC(c3ccccc3)c3ccccc3)=C(O)CS[C@H]12.O=C(COc1ccccc1)N[C@@H]1C(=O)N2C(C(=O)OC(c3ccccc3)c3ccccc3)=C(OS(=O)(=O)C(F)(F)F)CS[C@H]12.O=S(=O)(OS(=O)(=O)C(F)(F)F)C(F)(F)F. The minimum Gasteiger partial charge on any atom is -0.509 e. The standard InChI is InChI=1S/C30H28N2O6S2.C29H23F3N2O8S2.C28H24N2O6S.C2F6O5S2.C2H6OS/c1-36-19-40-23-18-39-29-25(31-24(33)17-37-22-15-9-4-10-16-22)28(34)32(29)26(23)30(35)38-27(20-11-5-2-6-12-20)21-13-7-3-8-14-21;30-29(31,32)44(38,39)42-21-17-43-27-23(33-22(35)16-40-20-14-8-3-9-15-20)26(36)34(27)24(21)28(37)41-25(18-10-4-1-5-11-18)19-12-6-2-7-13-19;31-21-17-37-27-23(29-22(32)16-35-20-14-8-3-9-15-20)26(33)30(27)24(21)28(34)36-25(18-10-4-1-5-11-18)19-12-6-2-7-13-19;3-1(4,5)14(9,10)13-15(11,12)2(6,7)8;1-3-2-4/h2-16,25,27,29H,17-19H2,1H3,(H,31,33);1-15,23,25,27H,16-17H2,(H,33,35);1-15,23,25,27,31H,16-17H2,(H,29,32);;4H,2H2,1H3/t25-,29-;2*23-,27-;;/m111../s1. The number of thioether (sulfide) groups is 4. The third-order valence-corrected chi connectivity index (χ3v) is 28.5. The molecule has 0 radical (unpaired) electrons. The van der Waals surface area contributed by atoms with Crippen LogP contribution >= 0.6 is 59.7 Å². The molecule has 15 rings (SSSR count). The largest absolute Gasteiger partial charge is 0.534 e. The van der Waals surface area contributed by atoms with Crippen molar-refractivity contribution in [3.63, 3.8) is 0 Å². The lowest BCUT2D eigenvalue weighted by Crippen LogP contribution is -2.71. The molecule has 9 aromatic rings. The zero-order valence-corrected chi connectivity index (χ0v) is 79.1. The van der Waals surface area contributed by atoms with Crippen LogP contribution in [-0.2, 0) is 105 Å². The number of halogens is 9. The van der Waals surface area contributed by atoms with E-state index in [-0.39, 0.29) is 42.0 Å². The number of amides is 6. The summed E-state index contributed by atoms with van der Waals surface area (Å²) in [4.78, 5) is 122. The van der Waals surface area contributed by atoms with Crippen LogP contribution in [0.4, 0.5) is 39.5 Å². The maximum absolute atomic E-state index is 13.8. The summed E-state index contributed by atoms with van der Waals surface area (Å²) in [6, 6.07) is 77.7. The molecule has 32 nitrogen and oxygen atoms in total. The molecule has 6 heterocycles. The first-order valence-corrected chi connectivity index (χ1v) is 49.8. The van der Waals surface area contributed by atoms with Gasteiger partial charge in [0.05, 0.1) is 23.4 Å². The molecular weight excluding hydrogens is 2020 g/mol. The molecule has 0 spiro atoms. The molecule has 49 heteroatoms. The van der Waals surface area contributed by atoms with Crippen LogP contribution in [0, 0.1) is 0 Å². The Kier molecular flexibility index (Phi) is 37.6. The third-order valence-electron chi connectivity index (χ3n) is 19.7. The van der Waals surface area contributed by atoms with E-state index in [4.69, 9.17) is 33.2 Å². The average Bonchev–Trinajstić information content (AvgIpc) is 0.739. The first kappa shape index (κ1) is 108. The number of aliphatic hydroxyl groups is 1. The predicted molar refractivity (Wildman–Crippen MR) is 494 cm³/mol. The van der Waals surface area contributed by atoms with Crippen LogP contribution in [0.5, 0.6) is 17.2 Å². The van der Waals surface area contributed by atoms with Gasteiger partial charge in [0, 0.05) is 24.9 Å². The zero-order valence-electron chi connectivity index (χ0n) is 72.5. The number of para-hydroxylation sites is 3. The second-order valence-electron chi connectivity index (χ2n) is 29.1. The van der Waals surface area contributed by atoms with E-state index in [1.54, 1.807) is 142 Å². The average molecular weight is 2100 g/mol. The van der Waals surface area contributed by atoms with Crippen molar-refractivity contribution in [2.45, 2.75) is 69.1 Å². The highest BCUT2D eigenvalue weighted by Crippen LogP contribution is 2.48. The fraction of sp³-hybridized carbons (Fsp3) is 0.242. The number of β-lactam (4-membered cyclic amide) rings is 3. The lowest BCUT2D eigenvalue weighted by Gasteiger charge is -2.49. The number of fused-ring (bicyclic) bond motifs is 3. The number of carbonyl (C=O) groups excluding carboxylic acids is 9. The van der Waals surface area contributed by atoms with E-state index in [0.717, 1.165) is 38.9 Å². The number of benzene rings is 9. The van der Waals surface area contributed by atoms with Crippen LogP contribution in [0.3, 0.4) is 0 Å². The van der Waals surface area contributed by atoms with Crippen molar-refractivity contribution in [2.75, 3.05) is 63.2 Å². The fourth-order valence-electron chi connectivity index (χ4n) is 13.3. The fourth-order valence-corrected chi connectivity index (χ4v) is 20.2. The number of thiol groups is 1. The molecule has 6 amide bonds. The smallest absolute Gasteiger partial charge is 0.509 e. The first-order valence-electron chi connectivity index (χ1n) is 40.8. The van der Waals surface area contributed by atoms with Crippen molar-refractivity contribution in [2.24, 2.45) is 0 Å². The highest BCUT2D eigenvalue weighted by atomic mass is 32.3. The van der Waals surface area contributed by atoms with Gasteiger partial charge in [0.1, 0.15) is 63.0 Å². The molecule has 6 aliphatic heterocycles. The summed E-state index contributed by atoms with van der Waals surface area (Å²) in [5.41, 5.74) is -15.0. The summed E-state index contributed by atoms with van der Waals surface area (Å²) in [7, 11) is -16.7. The summed E-state index contributed by atoms with van der Waals surface area (Å²) in [5.74, 6) is -4.83. The number of esters is 3. The maximum atomic E-state index is 13.8. The Labute approximate surface area is 816 Å². The molecule has 9 aromatic carbocycles. The molecule has 0 aliphatic carbocycles. The number of nitrogens with one attached hydrogen (secondary N) is 3. The lowest BCUT2D eigenvalue weighted by molar-refractivity contribution is -0.155. The molecule has 6 atom stereocenters. The van der Waals surface area contributed by atoms with Crippen molar-refractivity contribution in [1.29, 1.82) is 0 Å². The minimum absolute atomic E-state index is 0.104. The summed E-state index contributed by atoms with van der Waals surface area (Å²) in [5, 5.41) is 16.5. The van der Waals surface area contributed by atoms with Gasteiger partial charge in [-0.15, -0.1) is 38.9 Å². The molecule has 0 unspecified atom stereocenters. The van der Waals surface area contributed by atoms with Gasteiger partial charge >= 0.3 is 64.8 Å². The number of hydrogen-bond acceptors (Lipinski definition) is 31. The van der Waals surface area contributed by atoms with E-state index >= 15 is 0 Å². The van der Waals surface area contributed by atoms with Gasteiger partial charge < -0.3 is 63.1 Å². The quantitative estimate of drug-likeness (QED) is 0.00382. The molecule has 742 valence electrons. The number of alkyl halides is 9. The summed E-state index contributed by atoms with van der Waals surface area (Å²) < 4.78 is 222. The first-order chi connectivity index (χ1) is 66.7. The van der Waals surface area contributed by atoms with Gasteiger partial charge in [0.25, 0.3) is 35.4 Å². The molecular formula is C91H81F9N6O26S8. The molecule has 140 heavy (non-hydrogen) atoms. The second-order valence-corrected chi connectivity index (χ2v) is 38.6. The minimum atomic E-state index is -6.85. The number of methoxy groups -OCH3 is 2. The van der Waals surface area contributed by atoms with Crippen LogP contribution in [-0.4, -0.2) is 212 Å². The van der Waals surface area contributed by atoms with Crippen molar-refractivity contribution in [3.8, 4) is 17.2 Å². The monoisotopic (exact) mass is 2100 g/mol. The van der Waals surface area contributed by atoms with Crippen molar-refractivity contribution in [1.82, 2.24) is 30.7 Å². The Balaban J connectivity index is 0.000000184. The summed E-state index contributed by atoms with van der Waals surface area (Å²) in [6.45, 7) is -0.915. The molecule has 4 N–H and O–H groups in total. The van der Waals surface area contributed by atoms with Crippen LogP contribution in [0.1, 0.15) is 51.7 Å². The number of rotatable bonds is 32. The van der Waals surface area contributed by atoms with Gasteiger partial charge in [-0.2, -0.15) is 77.4 Å². The number of ether oxygens (including phenoxy) is 8. The Hall–Kier alpha value is -12.7. The predicted octanol–water partition coefficient (Wildman–Crippen LogP) is 13.0. The van der Waals surface area contributed by atoms with Crippen LogP contribution < -0.4 is 30.2 Å². The highest BCUT2D eigenvalue weighted by molar-refractivity contribution is 8.06. The topological polar surface area (TPSA) is 414 Å². The van der Waals surface area contributed by atoms with Gasteiger partial charge in [-0.25, -0.2) is 14.4 Å². The number of nitrogens with zero attached hydrogens (tertiary/aromatic N) is 3. The third kappa shape index (κ3) is 27.7. The summed E-state index contributed by atoms with van der Waals surface area (Å²) in [6.07, 6.45) is -2.47. The highest BCUT2D eigenvalue weighted by Gasteiger charge is 2.61. The van der Waals surface area contributed by atoms with Crippen LogP contribution in [0.25, 0.3) is 0 Å². The van der Waals surface area contributed by atoms with E-state index in [1.807, 2.05) is 149 Å². The molecule has 6 aliphatic rings. The van der Waals surface area contributed by atoms with Crippen LogP contribution in [0.15, 0.2) is 307 Å². The maximum Gasteiger partial charge on any atom is 0.534 e. The molecule has 0 bridgehead atoms. The Morgan fingerprint density at radius 2 is 0.650 bits per heavy atom. The van der Waals surface area contributed by atoms with E-state index in [9.17, 15) is 113 Å². The lowest BCUT2D eigenvalue weighted by atomic mass is 10.0. The number of carbonyl (C=O) groups is 9. The molecule has 3 fully saturated rings. The van der Waals surface area contributed by atoms with E-state index in [2.05, 4.69) is 37.5 Å². The van der Waals surface area contributed by atoms with Gasteiger partial charge in [-0.05, 0) is 69.8 Å². The number of hydrogen-bond donors (Lipinski definition) is 5. The molecule has 0 saturated carbocycles. The van der Waals surface area contributed by atoms with Crippen molar-refractivity contribution in [3.05, 3.63) is 340 Å². The Bertz CT molecular complexity index is 6140. The van der Waals surface area contributed by atoms with E-state index < -0.39 is 171 Å².